The van der Waals surface area contributed by atoms with Gasteiger partial charge in [-0.25, -0.2) is 4.39 Å². The third-order valence-corrected chi connectivity index (χ3v) is 5.71. The highest BCUT2D eigenvalue weighted by Gasteiger charge is 2.41. The molecule has 0 radical (unpaired) electrons. The number of amides is 1. The van der Waals surface area contributed by atoms with Crippen LogP contribution in [0.1, 0.15) is 25.2 Å². The Bertz CT molecular complexity index is 826. The molecule has 2 aliphatic heterocycles. The molecule has 7 nitrogen and oxygen atoms in total. The van der Waals surface area contributed by atoms with Crippen molar-refractivity contribution in [2.24, 2.45) is 0 Å². The smallest absolute Gasteiger partial charge is 0.247 e. The quantitative estimate of drug-likeness (QED) is 0.882. The molecule has 144 valence electrons. The first kappa shape index (κ1) is 18.1. The molecule has 27 heavy (non-hydrogen) atoms. The standard InChI is InChI=1S/C19H24FN5O2/c1-24-9-10-25(13-19(24)6-5-16(26)21-8-7-19)12-17-22-23-18(27-17)14-3-2-4-15(20)11-14/h2-4,11H,5-10,12-13H2,1H3,(H,21,26)/t19-/m0/s1. The van der Waals surface area contributed by atoms with Gasteiger partial charge in [0.25, 0.3) is 0 Å². The molecular formula is C19H24FN5O2. The van der Waals surface area contributed by atoms with Crippen molar-refractivity contribution in [3.8, 4) is 11.5 Å². The van der Waals surface area contributed by atoms with Gasteiger partial charge >= 0.3 is 0 Å². The fraction of sp³-hybridized carbons (Fsp3) is 0.526. The average Bonchev–Trinajstić information content (AvgIpc) is 3.03. The Morgan fingerprint density at radius 1 is 1.30 bits per heavy atom. The van der Waals surface area contributed by atoms with Gasteiger partial charge in [-0.1, -0.05) is 6.07 Å². The summed E-state index contributed by atoms with van der Waals surface area (Å²) in [5, 5.41) is 11.2. The van der Waals surface area contributed by atoms with E-state index in [-0.39, 0.29) is 17.3 Å². The highest BCUT2D eigenvalue weighted by molar-refractivity contribution is 5.76. The number of halogens is 1. The fourth-order valence-electron chi connectivity index (χ4n) is 4.06. The van der Waals surface area contributed by atoms with Crippen molar-refractivity contribution < 1.29 is 13.6 Å². The second-order valence-electron chi connectivity index (χ2n) is 7.47. The van der Waals surface area contributed by atoms with Crippen molar-refractivity contribution in [2.75, 3.05) is 33.2 Å². The predicted molar refractivity (Wildman–Crippen MR) is 97.2 cm³/mol. The number of hydrogen-bond acceptors (Lipinski definition) is 6. The molecule has 0 aliphatic carbocycles. The van der Waals surface area contributed by atoms with E-state index < -0.39 is 0 Å². The van der Waals surface area contributed by atoms with Crippen molar-refractivity contribution in [3.63, 3.8) is 0 Å². The summed E-state index contributed by atoms with van der Waals surface area (Å²) in [6, 6.07) is 6.15. The maximum Gasteiger partial charge on any atom is 0.247 e. The second kappa shape index (κ2) is 7.36. The van der Waals surface area contributed by atoms with Gasteiger partial charge in [0.15, 0.2) is 0 Å². The predicted octanol–water partition coefficient (Wildman–Crippen LogP) is 1.66. The van der Waals surface area contributed by atoms with E-state index in [9.17, 15) is 9.18 Å². The first-order chi connectivity index (χ1) is 13.0. The van der Waals surface area contributed by atoms with E-state index in [1.807, 2.05) is 0 Å². The molecule has 2 aliphatic rings. The molecule has 1 amide bonds. The van der Waals surface area contributed by atoms with Gasteiger partial charge < -0.3 is 9.73 Å². The van der Waals surface area contributed by atoms with Crippen LogP contribution in [0.15, 0.2) is 28.7 Å². The number of rotatable bonds is 3. The van der Waals surface area contributed by atoms with Crippen LogP contribution in [-0.2, 0) is 11.3 Å². The number of piperazine rings is 1. The zero-order valence-corrected chi connectivity index (χ0v) is 15.4. The van der Waals surface area contributed by atoms with Crippen molar-refractivity contribution in [2.45, 2.75) is 31.3 Å². The molecule has 1 spiro atoms. The molecule has 0 bridgehead atoms. The number of hydrogen-bond donors (Lipinski definition) is 1. The van der Waals surface area contributed by atoms with Crippen LogP contribution in [0.25, 0.3) is 11.5 Å². The molecule has 8 heteroatoms. The highest BCUT2D eigenvalue weighted by Crippen LogP contribution is 2.31. The highest BCUT2D eigenvalue weighted by atomic mass is 19.1. The number of benzene rings is 1. The maximum atomic E-state index is 13.4. The van der Waals surface area contributed by atoms with Crippen LogP contribution in [0.4, 0.5) is 4.39 Å². The van der Waals surface area contributed by atoms with Crippen LogP contribution >= 0.6 is 0 Å². The van der Waals surface area contributed by atoms with Crippen molar-refractivity contribution in [1.29, 1.82) is 0 Å². The Morgan fingerprint density at radius 2 is 2.19 bits per heavy atom. The third kappa shape index (κ3) is 3.86. The van der Waals surface area contributed by atoms with Crippen molar-refractivity contribution in [3.05, 3.63) is 36.0 Å². The van der Waals surface area contributed by atoms with E-state index in [4.69, 9.17) is 4.42 Å². The van der Waals surface area contributed by atoms with Crippen LogP contribution in [0, 0.1) is 5.82 Å². The molecule has 1 atom stereocenters. The lowest BCUT2D eigenvalue weighted by atomic mass is 9.86. The molecule has 4 rings (SSSR count). The molecule has 0 unspecified atom stereocenters. The first-order valence-electron chi connectivity index (χ1n) is 9.33. The summed E-state index contributed by atoms with van der Waals surface area (Å²) in [6.07, 6.45) is 2.34. The summed E-state index contributed by atoms with van der Waals surface area (Å²) in [5.41, 5.74) is 0.569. The summed E-state index contributed by atoms with van der Waals surface area (Å²) in [6.45, 7) is 3.95. The van der Waals surface area contributed by atoms with Crippen LogP contribution in [-0.4, -0.2) is 64.7 Å². The molecule has 1 aromatic carbocycles. The molecular weight excluding hydrogens is 349 g/mol. The minimum absolute atomic E-state index is 0.0111. The lowest BCUT2D eigenvalue weighted by Gasteiger charge is -2.49. The summed E-state index contributed by atoms with van der Waals surface area (Å²) in [7, 11) is 2.14. The normalized spacial score (nSPS) is 24.7. The number of nitrogens with one attached hydrogen (secondary N) is 1. The zero-order valence-electron chi connectivity index (χ0n) is 15.4. The molecule has 1 aromatic heterocycles. The van der Waals surface area contributed by atoms with E-state index in [1.165, 1.54) is 12.1 Å². The maximum absolute atomic E-state index is 13.4. The lowest BCUT2D eigenvalue weighted by Crippen LogP contribution is -2.60. The van der Waals surface area contributed by atoms with E-state index in [0.29, 0.717) is 36.9 Å². The molecule has 3 heterocycles. The largest absolute Gasteiger partial charge is 0.419 e. The molecule has 0 saturated carbocycles. The van der Waals surface area contributed by atoms with Gasteiger partial charge in [-0.15, -0.1) is 10.2 Å². The van der Waals surface area contributed by atoms with E-state index >= 15 is 0 Å². The minimum Gasteiger partial charge on any atom is -0.419 e. The number of carbonyl (C=O) groups excluding carboxylic acids is 1. The second-order valence-corrected chi connectivity index (χ2v) is 7.47. The van der Waals surface area contributed by atoms with Crippen LogP contribution in [0.5, 0.6) is 0 Å². The van der Waals surface area contributed by atoms with Gasteiger partial charge in [0.05, 0.1) is 6.54 Å². The average molecular weight is 373 g/mol. The Balaban J connectivity index is 1.46. The van der Waals surface area contributed by atoms with Crippen LogP contribution in [0.2, 0.25) is 0 Å². The SMILES string of the molecule is CN1CCN(Cc2nnc(-c3cccc(F)c3)o2)C[C@]12CCNC(=O)CC2. The van der Waals surface area contributed by atoms with E-state index in [2.05, 4.69) is 32.4 Å². The summed E-state index contributed by atoms with van der Waals surface area (Å²) in [4.78, 5) is 16.4. The van der Waals surface area contributed by atoms with Gasteiger partial charge in [-0.05, 0) is 38.1 Å². The summed E-state index contributed by atoms with van der Waals surface area (Å²) < 4.78 is 19.2. The molecule has 2 aromatic rings. The third-order valence-electron chi connectivity index (χ3n) is 5.71. The number of carbonyl (C=O) groups is 1. The Morgan fingerprint density at radius 3 is 3.04 bits per heavy atom. The summed E-state index contributed by atoms with van der Waals surface area (Å²) >= 11 is 0. The zero-order chi connectivity index (χ0) is 18.9. The molecule has 2 fully saturated rings. The van der Waals surface area contributed by atoms with Gasteiger partial charge in [0, 0.05) is 43.7 Å². The van der Waals surface area contributed by atoms with E-state index in [0.717, 1.165) is 32.5 Å². The van der Waals surface area contributed by atoms with Gasteiger partial charge in [-0.3, -0.25) is 14.6 Å². The molecule has 2 saturated heterocycles. The van der Waals surface area contributed by atoms with Crippen molar-refractivity contribution >= 4 is 5.91 Å². The van der Waals surface area contributed by atoms with Gasteiger partial charge in [-0.2, -0.15) is 0 Å². The number of nitrogens with zero attached hydrogens (tertiary/aromatic N) is 4. The number of likely N-dealkylation sites (N-methyl/N-ethyl adjacent to an activating group) is 1. The topological polar surface area (TPSA) is 74.5 Å². The van der Waals surface area contributed by atoms with Gasteiger partial charge in [0.1, 0.15) is 5.82 Å². The van der Waals surface area contributed by atoms with E-state index in [1.54, 1.807) is 12.1 Å². The monoisotopic (exact) mass is 373 g/mol. The summed E-state index contributed by atoms with van der Waals surface area (Å²) in [5.74, 6) is 0.660. The van der Waals surface area contributed by atoms with Gasteiger partial charge in [0.2, 0.25) is 17.7 Å². The fourth-order valence-corrected chi connectivity index (χ4v) is 4.06. The Kier molecular flexibility index (Phi) is 4.92. The lowest BCUT2D eigenvalue weighted by molar-refractivity contribution is -0.121. The molecule has 1 N–H and O–H groups in total. The van der Waals surface area contributed by atoms with Crippen LogP contribution in [0.3, 0.4) is 0 Å². The Labute approximate surface area is 157 Å². The van der Waals surface area contributed by atoms with Crippen LogP contribution < -0.4 is 5.32 Å². The Hall–Kier alpha value is -2.32. The first-order valence-corrected chi connectivity index (χ1v) is 9.33. The number of aromatic nitrogens is 2. The van der Waals surface area contributed by atoms with Crippen molar-refractivity contribution in [1.82, 2.24) is 25.3 Å². The minimum atomic E-state index is -0.329.